The highest BCUT2D eigenvalue weighted by atomic mass is 16.6. The zero-order chi connectivity index (χ0) is 15.2. The molecule has 5 nitrogen and oxygen atoms in total. The van der Waals surface area contributed by atoms with Gasteiger partial charge < -0.3 is 5.32 Å². The van der Waals surface area contributed by atoms with Crippen molar-refractivity contribution in [3.8, 4) is 0 Å². The van der Waals surface area contributed by atoms with Gasteiger partial charge in [-0.3, -0.25) is 15.0 Å². The second-order valence-corrected chi connectivity index (χ2v) is 6.23. The minimum atomic E-state index is -0.324. The minimum Gasteiger partial charge on any atom is -0.314 e. The van der Waals surface area contributed by atoms with Gasteiger partial charge in [-0.2, -0.15) is 0 Å². The fraction of sp³-hybridized carbons (Fsp3) is 0.625. The zero-order valence-corrected chi connectivity index (χ0v) is 12.9. The molecule has 0 amide bonds. The summed E-state index contributed by atoms with van der Waals surface area (Å²) in [7, 11) is 0. The SMILES string of the molecule is CC(C)NCC1CCCN(Cc2cccc([N+](=O)[O-])c2)C1. The number of nitro benzene ring substituents is 1. The van der Waals surface area contributed by atoms with Crippen molar-refractivity contribution in [2.75, 3.05) is 19.6 Å². The first kappa shape index (κ1) is 15.9. The number of hydrogen-bond donors (Lipinski definition) is 1. The van der Waals surface area contributed by atoms with E-state index in [1.54, 1.807) is 18.2 Å². The molecule has 116 valence electrons. The average Bonchev–Trinajstić information content (AvgIpc) is 2.46. The van der Waals surface area contributed by atoms with E-state index in [2.05, 4.69) is 24.1 Å². The molecule has 1 heterocycles. The molecular weight excluding hydrogens is 266 g/mol. The molecule has 5 heteroatoms. The lowest BCUT2D eigenvalue weighted by molar-refractivity contribution is -0.384. The molecule has 1 saturated heterocycles. The van der Waals surface area contributed by atoms with Crippen molar-refractivity contribution < 1.29 is 4.92 Å². The second kappa shape index (κ2) is 7.52. The van der Waals surface area contributed by atoms with Crippen molar-refractivity contribution >= 4 is 5.69 Å². The molecule has 1 fully saturated rings. The van der Waals surface area contributed by atoms with E-state index in [-0.39, 0.29) is 10.6 Å². The van der Waals surface area contributed by atoms with Crippen molar-refractivity contribution in [1.29, 1.82) is 0 Å². The van der Waals surface area contributed by atoms with Gasteiger partial charge in [-0.05, 0) is 37.4 Å². The van der Waals surface area contributed by atoms with Gasteiger partial charge >= 0.3 is 0 Å². The third-order valence-corrected chi connectivity index (χ3v) is 3.95. The van der Waals surface area contributed by atoms with Crippen LogP contribution in [0.5, 0.6) is 0 Å². The van der Waals surface area contributed by atoms with E-state index in [4.69, 9.17) is 0 Å². The Kier molecular flexibility index (Phi) is 5.70. The molecule has 2 rings (SSSR count). The number of nitro groups is 1. The van der Waals surface area contributed by atoms with Gasteiger partial charge in [-0.1, -0.05) is 26.0 Å². The van der Waals surface area contributed by atoms with Crippen LogP contribution in [0.2, 0.25) is 0 Å². The quantitative estimate of drug-likeness (QED) is 0.647. The lowest BCUT2D eigenvalue weighted by atomic mass is 9.97. The number of likely N-dealkylation sites (tertiary alicyclic amines) is 1. The van der Waals surface area contributed by atoms with Gasteiger partial charge in [0.25, 0.3) is 5.69 Å². The monoisotopic (exact) mass is 291 g/mol. The molecule has 1 aromatic rings. The molecule has 0 radical (unpaired) electrons. The maximum absolute atomic E-state index is 10.8. The number of nitrogens with zero attached hydrogens (tertiary/aromatic N) is 2. The van der Waals surface area contributed by atoms with Crippen molar-refractivity contribution in [3.05, 3.63) is 39.9 Å². The molecule has 1 N–H and O–H groups in total. The average molecular weight is 291 g/mol. The Bertz CT molecular complexity index is 476. The molecular formula is C16H25N3O2. The fourth-order valence-corrected chi connectivity index (χ4v) is 2.89. The highest BCUT2D eigenvalue weighted by molar-refractivity contribution is 5.34. The Morgan fingerprint density at radius 2 is 2.29 bits per heavy atom. The molecule has 0 bridgehead atoms. The zero-order valence-electron chi connectivity index (χ0n) is 12.9. The Morgan fingerprint density at radius 3 is 3.00 bits per heavy atom. The Balaban J connectivity index is 1.90. The third kappa shape index (κ3) is 5.10. The number of benzene rings is 1. The van der Waals surface area contributed by atoms with E-state index in [0.29, 0.717) is 12.0 Å². The number of rotatable bonds is 6. The summed E-state index contributed by atoms with van der Waals surface area (Å²) in [5.74, 6) is 0.680. The topological polar surface area (TPSA) is 58.4 Å². The summed E-state index contributed by atoms with van der Waals surface area (Å²) in [5, 5.41) is 14.3. The van der Waals surface area contributed by atoms with Crippen LogP contribution in [0, 0.1) is 16.0 Å². The van der Waals surface area contributed by atoms with Crippen molar-refractivity contribution in [2.45, 2.75) is 39.3 Å². The second-order valence-electron chi connectivity index (χ2n) is 6.23. The highest BCUT2D eigenvalue weighted by Crippen LogP contribution is 2.20. The number of hydrogen-bond acceptors (Lipinski definition) is 4. The van der Waals surface area contributed by atoms with E-state index >= 15 is 0 Å². The van der Waals surface area contributed by atoms with Crippen molar-refractivity contribution in [2.24, 2.45) is 5.92 Å². The number of nitrogens with one attached hydrogen (secondary N) is 1. The predicted octanol–water partition coefficient (Wildman–Crippen LogP) is 2.80. The first-order valence-electron chi connectivity index (χ1n) is 7.73. The summed E-state index contributed by atoms with van der Waals surface area (Å²) in [4.78, 5) is 12.9. The van der Waals surface area contributed by atoms with Crippen LogP contribution in [0.1, 0.15) is 32.3 Å². The fourth-order valence-electron chi connectivity index (χ4n) is 2.89. The van der Waals surface area contributed by atoms with E-state index < -0.39 is 0 Å². The molecule has 0 aliphatic carbocycles. The normalized spacial score (nSPS) is 19.9. The smallest absolute Gasteiger partial charge is 0.269 e. The van der Waals surface area contributed by atoms with Crippen LogP contribution in [0.4, 0.5) is 5.69 Å². The van der Waals surface area contributed by atoms with Crippen LogP contribution >= 0.6 is 0 Å². The van der Waals surface area contributed by atoms with E-state index in [1.165, 1.54) is 12.8 Å². The van der Waals surface area contributed by atoms with Gasteiger partial charge in [0.2, 0.25) is 0 Å². The van der Waals surface area contributed by atoms with Crippen LogP contribution in [0.15, 0.2) is 24.3 Å². The van der Waals surface area contributed by atoms with Gasteiger partial charge in [0.15, 0.2) is 0 Å². The third-order valence-electron chi connectivity index (χ3n) is 3.95. The molecule has 0 spiro atoms. The largest absolute Gasteiger partial charge is 0.314 e. The minimum absolute atomic E-state index is 0.183. The van der Waals surface area contributed by atoms with Gasteiger partial charge in [0, 0.05) is 31.3 Å². The molecule has 0 saturated carbocycles. The molecule has 1 atom stereocenters. The van der Waals surface area contributed by atoms with Gasteiger partial charge in [0.05, 0.1) is 4.92 Å². The molecule has 0 aromatic heterocycles. The summed E-state index contributed by atoms with van der Waals surface area (Å²) in [5.41, 5.74) is 1.21. The Hall–Kier alpha value is -1.46. The highest BCUT2D eigenvalue weighted by Gasteiger charge is 2.20. The summed E-state index contributed by atoms with van der Waals surface area (Å²) in [6, 6.07) is 7.51. The number of piperidine rings is 1. The molecule has 1 aliphatic rings. The van der Waals surface area contributed by atoms with Crippen LogP contribution in [-0.4, -0.2) is 35.5 Å². The van der Waals surface area contributed by atoms with E-state index in [0.717, 1.165) is 31.7 Å². The molecule has 1 unspecified atom stereocenters. The molecule has 21 heavy (non-hydrogen) atoms. The van der Waals surface area contributed by atoms with Crippen LogP contribution in [-0.2, 0) is 6.54 Å². The summed E-state index contributed by atoms with van der Waals surface area (Å²) < 4.78 is 0. The Labute approximate surface area is 126 Å². The van der Waals surface area contributed by atoms with E-state index in [1.807, 2.05) is 6.07 Å². The standard InChI is InChI=1S/C16H25N3O2/c1-13(2)17-10-15-6-4-8-18(12-15)11-14-5-3-7-16(9-14)19(20)21/h3,5,7,9,13,15,17H,4,6,8,10-12H2,1-2H3. The van der Waals surface area contributed by atoms with Crippen molar-refractivity contribution in [1.82, 2.24) is 10.2 Å². The van der Waals surface area contributed by atoms with Gasteiger partial charge in [-0.15, -0.1) is 0 Å². The summed E-state index contributed by atoms with van der Waals surface area (Å²) >= 11 is 0. The first-order valence-corrected chi connectivity index (χ1v) is 7.73. The predicted molar refractivity (Wildman–Crippen MR) is 84.2 cm³/mol. The maximum atomic E-state index is 10.8. The van der Waals surface area contributed by atoms with Gasteiger partial charge in [0.1, 0.15) is 0 Å². The number of non-ortho nitro benzene ring substituents is 1. The van der Waals surface area contributed by atoms with Crippen LogP contribution in [0.25, 0.3) is 0 Å². The molecule has 1 aromatic carbocycles. The Morgan fingerprint density at radius 1 is 1.48 bits per heavy atom. The van der Waals surface area contributed by atoms with Crippen LogP contribution in [0.3, 0.4) is 0 Å². The first-order chi connectivity index (χ1) is 10.0. The molecule has 1 aliphatic heterocycles. The summed E-state index contributed by atoms with van der Waals surface area (Å²) in [6.07, 6.45) is 2.48. The van der Waals surface area contributed by atoms with Crippen molar-refractivity contribution in [3.63, 3.8) is 0 Å². The lowest BCUT2D eigenvalue weighted by Gasteiger charge is -2.33. The summed E-state index contributed by atoms with van der Waals surface area (Å²) in [6.45, 7) is 8.36. The van der Waals surface area contributed by atoms with Gasteiger partial charge in [-0.25, -0.2) is 0 Å². The maximum Gasteiger partial charge on any atom is 0.269 e. The lowest BCUT2D eigenvalue weighted by Crippen LogP contribution is -2.40. The van der Waals surface area contributed by atoms with Crippen LogP contribution < -0.4 is 5.32 Å². The van der Waals surface area contributed by atoms with E-state index in [9.17, 15) is 10.1 Å².